The number of hydrogen-bond acceptors (Lipinski definition) is 2. The summed E-state index contributed by atoms with van der Waals surface area (Å²) in [5, 5.41) is 1.98. The van der Waals surface area contributed by atoms with Crippen molar-refractivity contribution >= 4 is 17.1 Å². The lowest BCUT2D eigenvalue weighted by Gasteiger charge is -1.94. The first-order valence-electron chi connectivity index (χ1n) is 4.05. The molecule has 0 radical (unpaired) electrons. The van der Waals surface area contributed by atoms with Crippen molar-refractivity contribution in [2.45, 2.75) is 6.42 Å². The van der Waals surface area contributed by atoms with E-state index in [1.807, 2.05) is 23.6 Å². The van der Waals surface area contributed by atoms with E-state index in [0.29, 0.717) is 12.1 Å². The Bertz CT molecular complexity index is 375. The zero-order chi connectivity index (χ0) is 9.10. The molecule has 13 heavy (non-hydrogen) atoms. The SMILES string of the molecule is O=C(Cc1cccs1)c1ccc[nH]1. The van der Waals surface area contributed by atoms with Crippen molar-refractivity contribution < 1.29 is 4.79 Å². The van der Waals surface area contributed by atoms with Crippen LogP contribution in [0.1, 0.15) is 15.4 Å². The van der Waals surface area contributed by atoms with E-state index in [1.54, 1.807) is 23.6 Å². The summed E-state index contributed by atoms with van der Waals surface area (Å²) in [6.07, 6.45) is 2.26. The first kappa shape index (κ1) is 8.26. The van der Waals surface area contributed by atoms with E-state index in [2.05, 4.69) is 4.98 Å². The summed E-state index contributed by atoms with van der Waals surface area (Å²) in [6.45, 7) is 0. The fourth-order valence-electron chi connectivity index (χ4n) is 1.17. The zero-order valence-corrected chi connectivity index (χ0v) is 7.80. The highest BCUT2D eigenvalue weighted by atomic mass is 32.1. The van der Waals surface area contributed by atoms with Crippen LogP contribution in [0.15, 0.2) is 35.8 Å². The lowest BCUT2D eigenvalue weighted by atomic mass is 10.2. The van der Waals surface area contributed by atoms with Gasteiger partial charge in [0.05, 0.1) is 5.69 Å². The monoisotopic (exact) mass is 191 g/mol. The molecule has 2 nitrogen and oxygen atoms in total. The molecule has 0 unspecified atom stereocenters. The maximum atomic E-state index is 11.5. The minimum absolute atomic E-state index is 0.146. The van der Waals surface area contributed by atoms with Gasteiger partial charge in [0.15, 0.2) is 5.78 Å². The van der Waals surface area contributed by atoms with Gasteiger partial charge >= 0.3 is 0 Å². The number of H-pyrrole nitrogens is 1. The van der Waals surface area contributed by atoms with Gasteiger partial charge in [0.2, 0.25) is 0 Å². The van der Waals surface area contributed by atoms with Crippen LogP contribution in [0.5, 0.6) is 0 Å². The van der Waals surface area contributed by atoms with Crippen molar-refractivity contribution in [3.05, 3.63) is 46.4 Å². The third kappa shape index (κ3) is 1.87. The van der Waals surface area contributed by atoms with E-state index in [1.165, 1.54) is 0 Å². The molecule has 3 heteroatoms. The van der Waals surface area contributed by atoms with Gasteiger partial charge in [-0.15, -0.1) is 11.3 Å². The van der Waals surface area contributed by atoms with Gasteiger partial charge in [0.1, 0.15) is 0 Å². The zero-order valence-electron chi connectivity index (χ0n) is 6.99. The van der Waals surface area contributed by atoms with Gasteiger partial charge in [-0.05, 0) is 23.6 Å². The maximum absolute atomic E-state index is 11.5. The Balaban J connectivity index is 2.08. The van der Waals surface area contributed by atoms with Crippen molar-refractivity contribution in [2.24, 2.45) is 0 Å². The van der Waals surface area contributed by atoms with Gasteiger partial charge in [-0.25, -0.2) is 0 Å². The lowest BCUT2D eigenvalue weighted by molar-refractivity contribution is 0.0989. The van der Waals surface area contributed by atoms with Crippen molar-refractivity contribution in [3.63, 3.8) is 0 Å². The second-order valence-corrected chi connectivity index (χ2v) is 3.80. The number of carbonyl (C=O) groups is 1. The van der Waals surface area contributed by atoms with E-state index in [9.17, 15) is 4.79 Å². The van der Waals surface area contributed by atoms with Crippen LogP contribution in [0.4, 0.5) is 0 Å². The van der Waals surface area contributed by atoms with Gasteiger partial charge in [-0.3, -0.25) is 4.79 Å². The number of carbonyl (C=O) groups excluding carboxylic acids is 1. The van der Waals surface area contributed by atoms with Gasteiger partial charge < -0.3 is 4.98 Å². The number of thiophene rings is 1. The number of hydrogen-bond donors (Lipinski definition) is 1. The topological polar surface area (TPSA) is 32.9 Å². The Morgan fingerprint density at radius 2 is 2.31 bits per heavy atom. The molecular weight excluding hydrogens is 182 g/mol. The second-order valence-electron chi connectivity index (χ2n) is 2.76. The number of aromatic nitrogens is 1. The van der Waals surface area contributed by atoms with E-state index in [-0.39, 0.29) is 5.78 Å². The third-order valence-corrected chi connectivity index (χ3v) is 2.69. The number of Topliss-reactive ketones (excluding diaryl/α,β-unsaturated/α-hetero) is 1. The molecule has 0 aromatic carbocycles. The van der Waals surface area contributed by atoms with Crippen molar-refractivity contribution in [2.75, 3.05) is 0 Å². The summed E-state index contributed by atoms with van der Waals surface area (Å²) in [4.78, 5) is 15.6. The van der Waals surface area contributed by atoms with E-state index in [0.717, 1.165) is 4.88 Å². The molecule has 0 saturated heterocycles. The van der Waals surface area contributed by atoms with Gasteiger partial charge in [-0.1, -0.05) is 6.07 Å². The molecule has 0 fully saturated rings. The fourth-order valence-corrected chi connectivity index (χ4v) is 1.87. The molecule has 0 amide bonds. The first-order valence-corrected chi connectivity index (χ1v) is 4.93. The van der Waals surface area contributed by atoms with Crippen LogP contribution >= 0.6 is 11.3 Å². The quantitative estimate of drug-likeness (QED) is 0.743. The summed E-state index contributed by atoms with van der Waals surface area (Å²) in [5.41, 5.74) is 0.688. The predicted octanol–water partition coefficient (Wildman–Crippen LogP) is 2.50. The average molecular weight is 191 g/mol. The molecule has 0 aliphatic rings. The molecule has 0 spiro atoms. The average Bonchev–Trinajstić information content (AvgIpc) is 2.74. The minimum Gasteiger partial charge on any atom is -0.359 e. The molecule has 0 aliphatic heterocycles. The second kappa shape index (κ2) is 3.58. The Hall–Kier alpha value is -1.35. The Labute approximate surface area is 80.2 Å². The molecule has 1 N–H and O–H groups in total. The number of nitrogens with one attached hydrogen (secondary N) is 1. The molecule has 0 saturated carbocycles. The predicted molar refractivity (Wildman–Crippen MR) is 53.1 cm³/mol. The molecule has 2 heterocycles. The van der Waals surface area contributed by atoms with Crippen LogP contribution < -0.4 is 0 Å². The fraction of sp³-hybridized carbons (Fsp3) is 0.100. The highest BCUT2D eigenvalue weighted by molar-refractivity contribution is 7.10. The van der Waals surface area contributed by atoms with Crippen LogP contribution in [0.2, 0.25) is 0 Å². The van der Waals surface area contributed by atoms with Gasteiger partial charge in [0.25, 0.3) is 0 Å². The minimum atomic E-state index is 0.146. The summed E-state index contributed by atoms with van der Waals surface area (Å²) in [6, 6.07) is 7.57. The number of ketones is 1. The van der Waals surface area contributed by atoms with Gasteiger partial charge in [-0.2, -0.15) is 0 Å². The van der Waals surface area contributed by atoms with Crippen LogP contribution in [0.25, 0.3) is 0 Å². The van der Waals surface area contributed by atoms with Gasteiger partial charge in [0, 0.05) is 17.5 Å². The van der Waals surface area contributed by atoms with Crippen LogP contribution in [-0.4, -0.2) is 10.8 Å². The molecule has 2 aromatic rings. The van der Waals surface area contributed by atoms with Crippen molar-refractivity contribution in [1.29, 1.82) is 0 Å². The first-order chi connectivity index (χ1) is 6.36. The van der Waals surface area contributed by atoms with Crippen molar-refractivity contribution in [3.8, 4) is 0 Å². The Morgan fingerprint density at radius 1 is 1.38 bits per heavy atom. The Kier molecular flexibility index (Phi) is 2.27. The largest absolute Gasteiger partial charge is 0.359 e. The third-order valence-electron chi connectivity index (χ3n) is 1.81. The molecule has 2 rings (SSSR count). The molecule has 0 aliphatic carbocycles. The summed E-state index contributed by atoms with van der Waals surface area (Å²) >= 11 is 1.61. The van der Waals surface area contributed by atoms with E-state index >= 15 is 0 Å². The molecule has 0 atom stereocenters. The maximum Gasteiger partial charge on any atom is 0.184 e. The Morgan fingerprint density at radius 3 is 2.92 bits per heavy atom. The smallest absolute Gasteiger partial charge is 0.184 e. The molecule has 0 bridgehead atoms. The van der Waals surface area contributed by atoms with Crippen LogP contribution in [0.3, 0.4) is 0 Å². The highest BCUT2D eigenvalue weighted by Gasteiger charge is 2.07. The van der Waals surface area contributed by atoms with Crippen LogP contribution in [-0.2, 0) is 6.42 Å². The van der Waals surface area contributed by atoms with E-state index < -0.39 is 0 Å². The standard InChI is InChI=1S/C10H9NOS/c12-10(9-4-1-5-11-9)7-8-3-2-6-13-8/h1-6,11H,7H2. The summed E-state index contributed by atoms with van der Waals surface area (Å²) in [5.74, 6) is 0.146. The number of rotatable bonds is 3. The summed E-state index contributed by atoms with van der Waals surface area (Å²) < 4.78 is 0. The van der Waals surface area contributed by atoms with Crippen molar-refractivity contribution in [1.82, 2.24) is 4.98 Å². The number of aromatic amines is 1. The van der Waals surface area contributed by atoms with Crippen LogP contribution in [0, 0.1) is 0 Å². The van der Waals surface area contributed by atoms with E-state index in [4.69, 9.17) is 0 Å². The molecular formula is C10H9NOS. The lowest BCUT2D eigenvalue weighted by Crippen LogP contribution is -2.01. The summed E-state index contributed by atoms with van der Waals surface area (Å²) in [7, 11) is 0. The normalized spacial score (nSPS) is 10.2. The molecule has 66 valence electrons. The molecule has 2 aromatic heterocycles. The highest BCUT2D eigenvalue weighted by Crippen LogP contribution is 2.11.